The summed E-state index contributed by atoms with van der Waals surface area (Å²) in [6, 6.07) is 12.4. The number of hydrogen-bond acceptors (Lipinski definition) is 5. The number of benzene rings is 3. The average molecular weight is 480 g/mol. The summed E-state index contributed by atoms with van der Waals surface area (Å²) in [6.45, 7) is 3.92. The van der Waals surface area contributed by atoms with Crippen molar-refractivity contribution in [2.45, 2.75) is 19.9 Å². The van der Waals surface area contributed by atoms with Crippen LogP contribution in [0.3, 0.4) is 0 Å². The van der Waals surface area contributed by atoms with Gasteiger partial charge in [0.1, 0.15) is 11.4 Å². The van der Waals surface area contributed by atoms with Crippen molar-refractivity contribution in [2.75, 3.05) is 11.5 Å². The minimum Gasteiger partial charge on any atom is -0.504 e. The summed E-state index contributed by atoms with van der Waals surface area (Å²) in [6.07, 6.45) is 0. The molecule has 1 aliphatic rings. The number of phenolic OH excluding ortho intramolecular Hbond substituents is 1. The molecule has 1 unspecified atom stereocenters. The first kappa shape index (κ1) is 22.0. The first-order valence-corrected chi connectivity index (χ1v) is 11.0. The highest BCUT2D eigenvalue weighted by molar-refractivity contribution is 6.31. The minimum atomic E-state index is -0.912. The van der Waals surface area contributed by atoms with Gasteiger partial charge in [-0.05, 0) is 67.4 Å². The fourth-order valence-electron chi connectivity index (χ4n) is 4.23. The zero-order valence-corrected chi connectivity index (χ0v) is 19.0. The molecule has 1 aliphatic heterocycles. The van der Waals surface area contributed by atoms with Crippen molar-refractivity contribution in [3.05, 3.63) is 98.1 Å². The van der Waals surface area contributed by atoms with Crippen molar-refractivity contribution in [1.29, 1.82) is 0 Å². The van der Waals surface area contributed by atoms with Gasteiger partial charge >= 0.3 is 0 Å². The molecule has 1 N–H and O–H groups in total. The van der Waals surface area contributed by atoms with Gasteiger partial charge in [-0.25, -0.2) is 4.39 Å². The molecule has 5 rings (SSSR count). The van der Waals surface area contributed by atoms with E-state index in [0.717, 1.165) is 11.6 Å². The molecule has 0 bridgehead atoms. The molecule has 0 spiro atoms. The van der Waals surface area contributed by atoms with Crippen LogP contribution in [0.1, 0.15) is 40.2 Å². The van der Waals surface area contributed by atoms with Gasteiger partial charge in [-0.2, -0.15) is 0 Å². The third-order valence-corrected chi connectivity index (χ3v) is 6.27. The number of aromatic hydroxyl groups is 1. The van der Waals surface area contributed by atoms with Crippen molar-refractivity contribution >= 4 is 34.2 Å². The lowest BCUT2D eigenvalue weighted by Crippen LogP contribution is -2.29. The monoisotopic (exact) mass is 479 g/mol. The standard InChI is InChI=1S/C26H19ClFNO5/c1-3-33-21-10-14(5-8-19(21)30)23-22-24(31)17-11-15(28)6-9-20(17)34-25(22)26(32)29(23)16-7-4-13(2)18(27)12-16/h4-12,23,30H,3H2,1-2H3. The van der Waals surface area contributed by atoms with E-state index in [1.54, 1.807) is 37.3 Å². The van der Waals surface area contributed by atoms with Gasteiger partial charge in [-0.15, -0.1) is 0 Å². The number of rotatable bonds is 4. The molecule has 0 aliphatic carbocycles. The smallest absolute Gasteiger partial charge is 0.295 e. The van der Waals surface area contributed by atoms with E-state index in [-0.39, 0.29) is 33.8 Å². The van der Waals surface area contributed by atoms with E-state index in [9.17, 15) is 19.1 Å². The molecular formula is C26H19ClFNO5. The molecule has 1 amide bonds. The number of aryl methyl sites for hydroxylation is 1. The van der Waals surface area contributed by atoms with Crippen molar-refractivity contribution in [1.82, 2.24) is 0 Å². The molecule has 6 nitrogen and oxygen atoms in total. The Bertz CT molecular complexity index is 1530. The maximum Gasteiger partial charge on any atom is 0.295 e. The van der Waals surface area contributed by atoms with Crippen LogP contribution < -0.4 is 15.1 Å². The largest absolute Gasteiger partial charge is 0.504 e. The van der Waals surface area contributed by atoms with Gasteiger partial charge in [0.15, 0.2) is 16.9 Å². The van der Waals surface area contributed by atoms with Crippen LogP contribution in [0.5, 0.6) is 11.5 Å². The quantitative estimate of drug-likeness (QED) is 0.403. The Balaban J connectivity index is 1.81. The number of hydrogen-bond donors (Lipinski definition) is 1. The van der Waals surface area contributed by atoms with Gasteiger partial charge in [-0.3, -0.25) is 14.5 Å². The summed E-state index contributed by atoms with van der Waals surface area (Å²) in [5, 5.41) is 10.7. The summed E-state index contributed by atoms with van der Waals surface area (Å²) >= 11 is 6.35. The average Bonchev–Trinajstić information content (AvgIpc) is 3.10. The SMILES string of the molecule is CCOc1cc(C2c3c(oc4ccc(F)cc4c3=O)C(=O)N2c2ccc(C)c(Cl)c2)ccc1O. The number of amides is 1. The van der Waals surface area contributed by atoms with E-state index in [0.29, 0.717) is 22.9 Å². The number of halogens is 2. The van der Waals surface area contributed by atoms with Gasteiger partial charge in [-0.1, -0.05) is 23.7 Å². The van der Waals surface area contributed by atoms with Crippen LogP contribution in [0.2, 0.25) is 5.02 Å². The van der Waals surface area contributed by atoms with Crippen LogP contribution in [0.15, 0.2) is 63.8 Å². The minimum absolute atomic E-state index is 0.0316. The lowest BCUT2D eigenvalue weighted by Gasteiger charge is -2.26. The van der Waals surface area contributed by atoms with E-state index in [2.05, 4.69) is 0 Å². The molecule has 0 saturated heterocycles. The number of carbonyl (C=O) groups is 1. The fraction of sp³-hybridized carbons (Fsp3) is 0.154. The van der Waals surface area contributed by atoms with Gasteiger partial charge in [0.2, 0.25) is 5.76 Å². The zero-order valence-electron chi connectivity index (χ0n) is 18.3. The zero-order chi connectivity index (χ0) is 24.1. The van der Waals surface area contributed by atoms with Crippen LogP contribution in [0.25, 0.3) is 11.0 Å². The Kier molecular flexibility index (Phi) is 5.29. The predicted octanol–water partition coefficient (Wildman–Crippen LogP) is 5.75. The highest BCUT2D eigenvalue weighted by atomic mass is 35.5. The number of anilines is 1. The molecule has 0 saturated carbocycles. The fourth-order valence-corrected chi connectivity index (χ4v) is 4.41. The molecule has 34 heavy (non-hydrogen) atoms. The highest BCUT2D eigenvalue weighted by Gasteiger charge is 2.44. The normalized spacial score (nSPS) is 15.1. The second-order valence-corrected chi connectivity index (χ2v) is 8.39. The van der Waals surface area contributed by atoms with E-state index < -0.39 is 23.2 Å². The predicted molar refractivity (Wildman–Crippen MR) is 127 cm³/mol. The van der Waals surface area contributed by atoms with Crippen molar-refractivity contribution in [2.24, 2.45) is 0 Å². The Morgan fingerprint density at radius 1 is 1.12 bits per heavy atom. The summed E-state index contributed by atoms with van der Waals surface area (Å²) in [5.41, 5.74) is 1.46. The van der Waals surface area contributed by atoms with Crippen LogP contribution in [-0.4, -0.2) is 17.6 Å². The first-order valence-electron chi connectivity index (χ1n) is 10.6. The third kappa shape index (κ3) is 3.40. The topological polar surface area (TPSA) is 80.0 Å². The van der Waals surface area contributed by atoms with Crippen molar-refractivity contribution in [3.63, 3.8) is 0 Å². The maximum atomic E-state index is 14.0. The molecule has 1 aromatic heterocycles. The molecule has 1 atom stereocenters. The van der Waals surface area contributed by atoms with E-state index in [1.165, 1.54) is 23.1 Å². The number of ether oxygens (including phenoxy) is 1. The molecular weight excluding hydrogens is 461 g/mol. The number of carbonyl (C=O) groups excluding carboxylic acids is 1. The Morgan fingerprint density at radius 2 is 1.91 bits per heavy atom. The number of nitrogens with zero attached hydrogens (tertiary/aromatic N) is 1. The summed E-state index contributed by atoms with van der Waals surface area (Å²) in [7, 11) is 0. The molecule has 172 valence electrons. The van der Waals surface area contributed by atoms with Crippen LogP contribution >= 0.6 is 11.6 Å². The second-order valence-electron chi connectivity index (χ2n) is 7.99. The van der Waals surface area contributed by atoms with Gasteiger partial charge in [0.25, 0.3) is 5.91 Å². The summed E-state index contributed by atoms with van der Waals surface area (Å²) in [5.74, 6) is -1.12. The Morgan fingerprint density at radius 3 is 2.65 bits per heavy atom. The third-order valence-electron chi connectivity index (χ3n) is 5.87. The maximum absolute atomic E-state index is 14.0. The van der Waals surface area contributed by atoms with Gasteiger partial charge < -0.3 is 14.3 Å². The Labute approximate surface area is 198 Å². The van der Waals surface area contributed by atoms with Crippen molar-refractivity contribution < 1.29 is 23.4 Å². The molecule has 0 radical (unpaired) electrons. The molecule has 4 aromatic rings. The van der Waals surface area contributed by atoms with E-state index in [4.69, 9.17) is 20.8 Å². The van der Waals surface area contributed by atoms with Gasteiger partial charge in [0.05, 0.1) is 23.6 Å². The lowest BCUT2D eigenvalue weighted by molar-refractivity contribution is 0.0971. The first-order chi connectivity index (χ1) is 16.3. The lowest BCUT2D eigenvalue weighted by atomic mass is 9.97. The van der Waals surface area contributed by atoms with Gasteiger partial charge in [0, 0.05) is 10.7 Å². The van der Waals surface area contributed by atoms with Crippen LogP contribution in [0.4, 0.5) is 10.1 Å². The molecule has 8 heteroatoms. The second kappa shape index (κ2) is 8.18. The summed E-state index contributed by atoms with van der Waals surface area (Å²) in [4.78, 5) is 28.6. The van der Waals surface area contributed by atoms with Crippen LogP contribution in [0, 0.1) is 12.7 Å². The highest BCUT2D eigenvalue weighted by Crippen LogP contribution is 2.43. The van der Waals surface area contributed by atoms with E-state index >= 15 is 0 Å². The molecule has 0 fully saturated rings. The summed E-state index contributed by atoms with van der Waals surface area (Å²) < 4.78 is 25.3. The molecule has 2 heterocycles. The Hall–Kier alpha value is -3.84. The van der Waals surface area contributed by atoms with Crippen LogP contribution in [-0.2, 0) is 0 Å². The van der Waals surface area contributed by atoms with Crippen molar-refractivity contribution in [3.8, 4) is 11.5 Å². The number of fused-ring (bicyclic) bond motifs is 2. The van der Waals surface area contributed by atoms with E-state index in [1.807, 2.05) is 6.92 Å². The molecule has 3 aromatic carbocycles. The number of phenols is 1.